The van der Waals surface area contributed by atoms with Crippen LogP contribution in [0.5, 0.6) is 0 Å². The van der Waals surface area contributed by atoms with Crippen molar-refractivity contribution in [2.45, 2.75) is 20.4 Å². The molecule has 206 valence electrons. The highest BCUT2D eigenvalue weighted by Gasteiger charge is 2.26. The number of primary amides is 1. The molecule has 2 aliphatic heterocycles. The van der Waals surface area contributed by atoms with Gasteiger partial charge in [-0.25, -0.2) is 0 Å². The molecule has 0 aliphatic carbocycles. The van der Waals surface area contributed by atoms with E-state index in [1.54, 1.807) is 6.07 Å². The number of carbonyl (C=O) groups excluding carboxylic acids is 2. The maximum Gasteiger partial charge on any atom is 0.254 e. The van der Waals surface area contributed by atoms with E-state index in [1.165, 1.54) is 11.1 Å². The van der Waals surface area contributed by atoms with Gasteiger partial charge in [-0.3, -0.25) is 14.5 Å². The van der Waals surface area contributed by atoms with Crippen molar-refractivity contribution in [2.75, 3.05) is 62.2 Å². The van der Waals surface area contributed by atoms with Gasteiger partial charge >= 0.3 is 0 Å². The summed E-state index contributed by atoms with van der Waals surface area (Å²) in [6.07, 6.45) is 0. The molecule has 0 atom stereocenters. The molecule has 0 bridgehead atoms. The number of rotatable bonds is 6. The van der Waals surface area contributed by atoms with Crippen LogP contribution in [0, 0.1) is 25.2 Å². The zero-order chi connectivity index (χ0) is 28.2. The van der Waals surface area contributed by atoms with E-state index >= 15 is 0 Å². The molecule has 2 heterocycles. The van der Waals surface area contributed by atoms with Crippen LogP contribution in [-0.4, -0.2) is 74.0 Å². The van der Waals surface area contributed by atoms with Gasteiger partial charge in [-0.15, -0.1) is 0 Å². The lowest BCUT2D eigenvalue weighted by Gasteiger charge is -2.37. The Bertz CT molecular complexity index is 1450. The second-order valence-electron chi connectivity index (χ2n) is 10.6. The molecule has 2 aliphatic rings. The Labute approximate surface area is 236 Å². The van der Waals surface area contributed by atoms with Crippen molar-refractivity contribution in [3.8, 4) is 6.07 Å². The first kappa shape index (κ1) is 27.2. The number of para-hydroxylation sites is 2. The molecular formula is C32H36N6O2. The van der Waals surface area contributed by atoms with Crippen LogP contribution in [0.25, 0.3) is 0 Å². The first-order chi connectivity index (χ1) is 19.4. The number of hydrogen-bond donors (Lipinski definition) is 1. The number of anilines is 2. The number of piperazine rings is 2. The fraction of sp³-hybridized carbons (Fsp3) is 0.344. The lowest BCUT2D eigenvalue weighted by atomic mass is 9.98. The number of nitrogens with zero attached hydrogens (tertiary/aromatic N) is 5. The number of benzene rings is 3. The van der Waals surface area contributed by atoms with Crippen LogP contribution >= 0.6 is 0 Å². The molecule has 0 aromatic heterocycles. The zero-order valence-corrected chi connectivity index (χ0v) is 23.3. The molecule has 2 saturated heterocycles. The lowest BCUT2D eigenvalue weighted by Crippen LogP contribution is -2.49. The molecule has 0 radical (unpaired) electrons. The van der Waals surface area contributed by atoms with Crippen molar-refractivity contribution in [1.29, 1.82) is 5.26 Å². The zero-order valence-electron chi connectivity index (χ0n) is 23.3. The maximum absolute atomic E-state index is 13.6. The molecule has 0 unspecified atom stereocenters. The van der Waals surface area contributed by atoms with E-state index in [2.05, 4.69) is 39.8 Å². The molecule has 2 fully saturated rings. The van der Waals surface area contributed by atoms with Gasteiger partial charge in [-0.1, -0.05) is 30.3 Å². The summed E-state index contributed by atoms with van der Waals surface area (Å²) in [7, 11) is 0. The normalized spacial score (nSPS) is 16.1. The van der Waals surface area contributed by atoms with E-state index < -0.39 is 5.91 Å². The Balaban J connectivity index is 1.23. The standard InChI is InChI=1S/C32H36N6O2/c1-23-19-24(2)28(32(40)38-17-15-37(16-18-38)30-10-6-4-8-27(30)31(34)39)20-26(23)22-35-11-13-36(14-12-35)29-9-5-3-7-25(29)21-33/h3-10,19-20H,11-18,22H2,1-2H3,(H2,34,39). The van der Waals surface area contributed by atoms with Gasteiger partial charge < -0.3 is 20.4 Å². The van der Waals surface area contributed by atoms with Crippen LogP contribution in [0.2, 0.25) is 0 Å². The van der Waals surface area contributed by atoms with Gasteiger partial charge in [0.05, 0.1) is 16.8 Å². The molecule has 2 amide bonds. The summed E-state index contributed by atoms with van der Waals surface area (Å²) in [6.45, 7) is 10.9. The average Bonchev–Trinajstić information content (AvgIpc) is 2.98. The van der Waals surface area contributed by atoms with Crippen molar-refractivity contribution in [3.63, 3.8) is 0 Å². The van der Waals surface area contributed by atoms with Crippen molar-refractivity contribution in [1.82, 2.24) is 9.80 Å². The number of amides is 2. The van der Waals surface area contributed by atoms with E-state index in [0.29, 0.717) is 37.3 Å². The Kier molecular flexibility index (Phi) is 8.04. The third-order valence-corrected chi connectivity index (χ3v) is 8.12. The molecule has 3 aromatic rings. The second-order valence-corrected chi connectivity index (χ2v) is 10.6. The van der Waals surface area contributed by atoms with Crippen LogP contribution in [0.3, 0.4) is 0 Å². The molecule has 0 saturated carbocycles. The van der Waals surface area contributed by atoms with E-state index in [1.807, 2.05) is 54.3 Å². The minimum atomic E-state index is -0.440. The predicted molar refractivity (Wildman–Crippen MR) is 158 cm³/mol. The minimum absolute atomic E-state index is 0.0551. The van der Waals surface area contributed by atoms with Gasteiger partial charge in [0, 0.05) is 70.2 Å². The van der Waals surface area contributed by atoms with Crippen LogP contribution in [0.1, 0.15) is 43.0 Å². The first-order valence-electron chi connectivity index (χ1n) is 13.9. The van der Waals surface area contributed by atoms with Gasteiger partial charge in [0.2, 0.25) is 0 Å². The highest BCUT2D eigenvalue weighted by atomic mass is 16.2. The first-order valence-corrected chi connectivity index (χ1v) is 13.9. The highest BCUT2D eigenvalue weighted by Crippen LogP contribution is 2.25. The summed E-state index contributed by atoms with van der Waals surface area (Å²) in [5.74, 6) is -0.384. The fourth-order valence-electron chi connectivity index (χ4n) is 5.81. The lowest BCUT2D eigenvalue weighted by molar-refractivity contribution is 0.0745. The third kappa shape index (κ3) is 5.65. The molecule has 2 N–H and O–H groups in total. The molecular weight excluding hydrogens is 500 g/mol. The van der Waals surface area contributed by atoms with Crippen molar-refractivity contribution >= 4 is 23.2 Å². The molecule has 3 aromatic carbocycles. The van der Waals surface area contributed by atoms with E-state index in [9.17, 15) is 14.9 Å². The highest BCUT2D eigenvalue weighted by molar-refractivity contribution is 5.99. The summed E-state index contributed by atoms with van der Waals surface area (Å²) < 4.78 is 0. The largest absolute Gasteiger partial charge is 0.368 e. The van der Waals surface area contributed by atoms with Gasteiger partial charge in [-0.2, -0.15) is 5.26 Å². The molecule has 8 nitrogen and oxygen atoms in total. The van der Waals surface area contributed by atoms with Gasteiger partial charge in [0.15, 0.2) is 0 Å². The van der Waals surface area contributed by atoms with Crippen LogP contribution in [0.4, 0.5) is 11.4 Å². The summed E-state index contributed by atoms with van der Waals surface area (Å²) in [4.78, 5) is 34.3. The summed E-state index contributed by atoms with van der Waals surface area (Å²) in [5.41, 5.74) is 12.8. The van der Waals surface area contributed by atoms with Crippen LogP contribution in [-0.2, 0) is 6.54 Å². The summed E-state index contributed by atoms with van der Waals surface area (Å²) >= 11 is 0. The van der Waals surface area contributed by atoms with Crippen molar-refractivity contribution < 1.29 is 9.59 Å². The van der Waals surface area contributed by atoms with Gasteiger partial charge in [0.25, 0.3) is 11.8 Å². The van der Waals surface area contributed by atoms with Gasteiger partial charge in [0.1, 0.15) is 6.07 Å². The monoisotopic (exact) mass is 536 g/mol. The summed E-state index contributed by atoms with van der Waals surface area (Å²) in [6, 6.07) is 21.7. The van der Waals surface area contributed by atoms with Crippen molar-refractivity contribution in [3.05, 3.63) is 94.0 Å². The van der Waals surface area contributed by atoms with E-state index in [4.69, 9.17) is 5.73 Å². The fourth-order valence-corrected chi connectivity index (χ4v) is 5.81. The molecule has 5 rings (SSSR count). The number of carbonyl (C=O) groups is 2. The molecule has 8 heteroatoms. The topological polar surface area (TPSA) is 96.9 Å². The predicted octanol–water partition coefficient (Wildman–Crippen LogP) is 3.56. The maximum atomic E-state index is 13.6. The SMILES string of the molecule is Cc1cc(C)c(C(=O)N2CCN(c3ccccc3C(N)=O)CC2)cc1CN1CCN(c2ccccc2C#N)CC1. The number of aryl methyl sites for hydroxylation is 2. The number of nitrogens with two attached hydrogens (primary N) is 1. The minimum Gasteiger partial charge on any atom is -0.368 e. The van der Waals surface area contributed by atoms with Crippen LogP contribution < -0.4 is 15.5 Å². The Morgan fingerprint density at radius 2 is 1.38 bits per heavy atom. The van der Waals surface area contributed by atoms with E-state index in [0.717, 1.165) is 55.2 Å². The van der Waals surface area contributed by atoms with Crippen LogP contribution in [0.15, 0.2) is 60.7 Å². The Morgan fingerprint density at radius 1 is 0.775 bits per heavy atom. The smallest absolute Gasteiger partial charge is 0.254 e. The number of hydrogen-bond acceptors (Lipinski definition) is 6. The van der Waals surface area contributed by atoms with Gasteiger partial charge in [-0.05, 0) is 60.9 Å². The van der Waals surface area contributed by atoms with E-state index in [-0.39, 0.29) is 5.91 Å². The Morgan fingerprint density at radius 3 is 2.05 bits per heavy atom. The summed E-state index contributed by atoms with van der Waals surface area (Å²) in [5, 5.41) is 9.47. The Hall–Kier alpha value is -4.35. The molecule has 40 heavy (non-hydrogen) atoms. The quantitative estimate of drug-likeness (QED) is 0.518. The second kappa shape index (κ2) is 11.8. The number of nitriles is 1. The third-order valence-electron chi connectivity index (χ3n) is 8.12. The molecule has 0 spiro atoms. The van der Waals surface area contributed by atoms with Crippen molar-refractivity contribution in [2.24, 2.45) is 5.73 Å². The average molecular weight is 537 g/mol.